The van der Waals surface area contributed by atoms with Crippen molar-refractivity contribution in [3.05, 3.63) is 34.6 Å². The van der Waals surface area contributed by atoms with Crippen LogP contribution in [0.25, 0.3) is 0 Å². The van der Waals surface area contributed by atoms with E-state index in [2.05, 4.69) is 0 Å². The molecule has 0 atom stereocenters. The van der Waals surface area contributed by atoms with Crippen LogP contribution in [-0.4, -0.2) is 35.0 Å². The molecule has 0 aliphatic rings. The standard InChI is InChI=1S/C16H22FNO3/c1-10(2)9-18(6-5-14(19)20)16(21)13-7-11(3)15(17)12(4)8-13/h7-8,10H,5-6,9H2,1-4H3,(H,19,20). The highest BCUT2D eigenvalue weighted by Gasteiger charge is 2.19. The van der Waals surface area contributed by atoms with Crippen molar-refractivity contribution < 1.29 is 19.1 Å². The van der Waals surface area contributed by atoms with Gasteiger partial charge in [-0.25, -0.2) is 4.39 Å². The van der Waals surface area contributed by atoms with E-state index in [1.54, 1.807) is 13.8 Å². The maximum Gasteiger partial charge on any atom is 0.305 e. The summed E-state index contributed by atoms with van der Waals surface area (Å²) in [6.45, 7) is 7.78. The van der Waals surface area contributed by atoms with Gasteiger partial charge in [-0.3, -0.25) is 9.59 Å². The Morgan fingerprint density at radius 1 is 1.24 bits per heavy atom. The predicted molar refractivity (Wildman–Crippen MR) is 78.9 cm³/mol. The van der Waals surface area contributed by atoms with Gasteiger partial charge >= 0.3 is 5.97 Å². The number of carbonyl (C=O) groups excluding carboxylic acids is 1. The topological polar surface area (TPSA) is 57.6 Å². The Bertz CT molecular complexity index is 517. The minimum atomic E-state index is -0.942. The van der Waals surface area contributed by atoms with Crippen LogP contribution in [0.3, 0.4) is 0 Å². The van der Waals surface area contributed by atoms with Crippen LogP contribution < -0.4 is 0 Å². The van der Waals surface area contributed by atoms with Crippen molar-refractivity contribution in [1.29, 1.82) is 0 Å². The van der Waals surface area contributed by atoms with E-state index in [1.165, 1.54) is 17.0 Å². The maximum atomic E-state index is 13.6. The number of carboxylic acids is 1. The first-order chi connectivity index (χ1) is 9.72. The average molecular weight is 295 g/mol. The van der Waals surface area contributed by atoms with Crippen molar-refractivity contribution in [3.63, 3.8) is 0 Å². The Morgan fingerprint density at radius 3 is 2.19 bits per heavy atom. The zero-order valence-corrected chi connectivity index (χ0v) is 12.9. The number of amides is 1. The lowest BCUT2D eigenvalue weighted by atomic mass is 10.0. The zero-order valence-electron chi connectivity index (χ0n) is 12.9. The molecule has 116 valence electrons. The Labute approximate surface area is 124 Å². The molecular weight excluding hydrogens is 273 g/mol. The molecule has 0 saturated heterocycles. The molecule has 0 saturated carbocycles. The Kier molecular flexibility index (Phi) is 5.88. The van der Waals surface area contributed by atoms with Crippen LogP contribution in [0.15, 0.2) is 12.1 Å². The Morgan fingerprint density at radius 2 is 1.76 bits per heavy atom. The van der Waals surface area contributed by atoms with Crippen LogP contribution in [0.4, 0.5) is 4.39 Å². The highest BCUT2D eigenvalue weighted by molar-refractivity contribution is 5.94. The third kappa shape index (κ3) is 4.85. The second-order valence-corrected chi connectivity index (χ2v) is 5.71. The highest BCUT2D eigenvalue weighted by atomic mass is 19.1. The lowest BCUT2D eigenvalue weighted by Gasteiger charge is -2.24. The smallest absolute Gasteiger partial charge is 0.305 e. The van der Waals surface area contributed by atoms with Crippen LogP contribution in [-0.2, 0) is 4.79 Å². The van der Waals surface area contributed by atoms with Gasteiger partial charge in [-0.05, 0) is 43.0 Å². The van der Waals surface area contributed by atoms with Crippen LogP contribution in [0, 0.1) is 25.6 Å². The molecule has 21 heavy (non-hydrogen) atoms. The zero-order chi connectivity index (χ0) is 16.2. The second-order valence-electron chi connectivity index (χ2n) is 5.71. The number of hydrogen-bond donors (Lipinski definition) is 1. The van der Waals surface area contributed by atoms with Crippen molar-refractivity contribution in [1.82, 2.24) is 4.90 Å². The fourth-order valence-electron chi connectivity index (χ4n) is 2.20. The Balaban J connectivity index is 3.01. The van der Waals surface area contributed by atoms with E-state index >= 15 is 0 Å². The molecule has 0 heterocycles. The number of rotatable bonds is 6. The molecule has 1 N–H and O–H groups in total. The first kappa shape index (κ1) is 17.1. The van der Waals surface area contributed by atoms with Gasteiger partial charge in [0.25, 0.3) is 5.91 Å². The summed E-state index contributed by atoms with van der Waals surface area (Å²) >= 11 is 0. The predicted octanol–water partition coefficient (Wildman–Crippen LogP) is 3.02. The van der Waals surface area contributed by atoms with Crippen molar-refractivity contribution in [2.24, 2.45) is 5.92 Å². The summed E-state index contributed by atoms with van der Waals surface area (Å²) in [5.41, 5.74) is 1.24. The van der Waals surface area contributed by atoms with Gasteiger partial charge in [0.15, 0.2) is 0 Å². The number of aryl methyl sites for hydroxylation is 2. The van der Waals surface area contributed by atoms with E-state index in [9.17, 15) is 14.0 Å². The maximum absolute atomic E-state index is 13.6. The summed E-state index contributed by atoms with van der Waals surface area (Å²) in [4.78, 5) is 24.8. The fourth-order valence-corrected chi connectivity index (χ4v) is 2.20. The summed E-state index contributed by atoms with van der Waals surface area (Å²) in [5.74, 6) is -1.28. The van der Waals surface area contributed by atoms with Gasteiger partial charge in [-0.1, -0.05) is 13.8 Å². The highest BCUT2D eigenvalue weighted by Crippen LogP contribution is 2.17. The van der Waals surface area contributed by atoms with Crippen molar-refractivity contribution in [2.75, 3.05) is 13.1 Å². The summed E-state index contributed by atoms with van der Waals surface area (Å²) in [5, 5.41) is 8.79. The number of hydrogen-bond acceptors (Lipinski definition) is 2. The number of carbonyl (C=O) groups is 2. The number of benzene rings is 1. The molecular formula is C16H22FNO3. The molecule has 1 amide bonds. The van der Waals surface area contributed by atoms with Crippen LogP contribution in [0.2, 0.25) is 0 Å². The molecule has 1 rings (SSSR count). The molecule has 0 fully saturated rings. The molecule has 1 aromatic rings. The van der Waals surface area contributed by atoms with Gasteiger partial charge in [-0.15, -0.1) is 0 Å². The van der Waals surface area contributed by atoms with E-state index in [1.807, 2.05) is 13.8 Å². The largest absolute Gasteiger partial charge is 0.481 e. The fraction of sp³-hybridized carbons (Fsp3) is 0.500. The SMILES string of the molecule is Cc1cc(C(=O)N(CCC(=O)O)CC(C)C)cc(C)c1F. The average Bonchev–Trinajstić information content (AvgIpc) is 2.38. The third-order valence-corrected chi connectivity index (χ3v) is 3.15. The third-order valence-electron chi connectivity index (χ3n) is 3.15. The Hall–Kier alpha value is -1.91. The molecule has 0 unspecified atom stereocenters. The first-order valence-electron chi connectivity index (χ1n) is 7.00. The van der Waals surface area contributed by atoms with Crippen molar-refractivity contribution in [3.8, 4) is 0 Å². The summed E-state index contributed by atoms with van der Waals surface area (Å²) in [7, 11) is 0. The van der Waals surface area contributed by atoms with Gasteiger partial charge in [0.05, 0.1) is 6.42 Å². The van der Waals surface area contributed by atoms with Crippen LogP contribution in [0.5, 0.6) is 0 Å². The van der Waals surface area contributed by atoms with Crippen molar-refractivity contribution in [2.45, 2.75) is 34.1 Å². The summed E-state index contributed by atoms with van der Waals surface area (Å²) in [6.07, 6.45) is -0.0996. The molecule has 1 aromatic carbocycles. The van der Waals surface area contributed by atoms with Gasteiger partial charge in [0.1, 0.15) is 5.82 Å². The molecule has 5 heteroatoms. The number of carboxylic acid groups (broad SMARTS) is 1. The van der Waals surface area contributed by atoms with E-state index < -0.39 is 5.97 Å². The number of nitrogens with zero attached hydrogens (tertiary/aromatic N) is 1. The van der Waals surface area contributed by atoms with E-state index in [0.29, 0.717) is 23.2 Å². The molecule has 0 bridgehead atoms. The van der Waals surface area contributed by atoms with Crippen LogP contribution >= 0.6 is 0 Å². The molecule has 0 radical (unpaired) electrons. The molecule has 0 aromatic heterocycles. The lowest BCUT2D eigenvalue weighted by molar-refractivity contribution is -0.137. The van der Waals surface area contributed by atoms with E-state index in [4.69, 9.17) is 5.11 Å². The first-order valence-corrected chi connectivity index (χ1v) is 7.00. The number of aliphatic carboxylic acids is 1. The summed E-state index contributed by atoms with van der Waals surface area (Å²) < 4.78 is 13.6. The van der Waals surface area contributed by atoms with Crippen molar-refractivity contribution >= 4 is 11.9 Å². The van der Waals surface area contributed by atoms with E-state index in [-0.39, 0.29) is 30.6 Å². The number of halogens is 1. The van der Waals surface area contributed by atoms with Gasteiger partial charge in [0, 0.05) is 18.7 Å². The lowest BCUT2D eigenvalue weighted by Crippen LogP contribution is -2.36. The molecule has 0 aliphatic heterocycles. The summed E-state index contributed by atoms with van der Waals surface area (Å²) in [6, 6.07) is 3.03. The molecule has 0 spiro atoms. The van der Waals surface area contributed by atoms with Crippen LogP contribution in [0.1, 0.15) is 41.8 Å². The molecule has 4 nitrogen and oxygen atoms in total. The minimum Gasteiger partial charge on any atom is -0.481 e. The second kappa shape index (κ2) is 7.20. The quantitative estimate of drug-likeness (QED) is 0.877. The van der Waals surface area contributed by atoms with Gasteiger partial charge < -0.3 is 10.0 Å². The van der Waals surface area contributed by atoms with E-state index in [0.717, 1.165) is 0 Å². The minimum absolute atomic E-state index is 0.0996. The van der Waals surface area contributed by atoms with Gasteiger partial charge in [-0.2, -0.15) is 0 Å². The van der Waals surface area contributed by atoms with Gasteiger partial charge in [0.2, 0.25) is 0 Å². The normalized spacial score (nSPS) is 10.8. The monoisotopic (exact) mass is 295 g/mol. The molecule has 0 aliphatic carbocycles.